The van der Waals surface area contributed by atoms with Crippen LogP contribution in [0.15, 0.2) is 55.1 Å². The second-order valence-corrected chi connectivity index (χ2v) is 5.93. The van der Waals surface area contributed by atoms with Crippen LogP contribution in [0.5, 0.6) is 5.88 Å². The molecular formula is C19H16N6O2. The number of carbonyl (C=O) groups excluding carboxylic acids is 1. The van der Waals surface area contributed by atoms with E-state index in [9.17, 15) is 4.79 Å². The van der Waals surface area contributed by atoms with Gasteiger partial charge in [-0.1, -0.05) is 6.07 Å². The van der Waals surface area contributed by atoms with Gasteiger partial charge in [0.1, 0.15) is 0 Å². The highest BCUT2D eigenvalue weighted by Gasteiger charge is 2.10. The van der Waals surface area contributed by atoms with Gasteiger partial charge in [0, 0.05) is 35.8 Å². The average molecular weight is 360 g/mol. The molecule has 1 N–H and O–H groups in total. The number of amides is 1. The number of imidazole rings is 1. The number of methoxy groups -OCH3 is 1. The number of nitrogens with zero attached hydrogens (tertiary/aromatic N) is 5. The van der Waals surface area contributed by atoms with Crippen molar-refractivity contribution in [2.24, 2.45) is 7.05 Å². The van der Waals surface area contributed by atoms with Crippen LogP contribution in [0.4, 0.5) is 5.82 Å². The zero-order valence-electron chi connectivity index (χ0n) is 14.7. The van der Waals surface area contributed by atoms with Crippen LogP contribution in [0, 0.1) is 0 Å². The van der Waals surface area contributed by atoms with Crippen molar-refractivity contribution in [2.75, 3.05) is 12.4 Å². The first-order chi connectivity index (χ1) is 13.1. The molecule has 0 atom stereocenters. The van der Waals surface area contributed by atoms with Crippen LogP contribution >= 0.6 is 0 Å². The number of aryl methyl sites for hydroxylation is 1. The molecule has 0 unspecified atom stereocenters. The lowest BCUT2D eigenvalue weighted by Crippen LogP contribution is -2.13. The Kier molecular flexibility index (Phi) is 4.21. The molecule has 27 heavy (non-hydrogen) atoms. The van der Waals surface area contributed by atoms with Crippen molar-refractivity contribution in [2.45, 2.75) is 0 Å². The first-order valence-corrected chi connectivity index (χ1v) is 8.19. The van der Waals surface area contributed by atoms with Gasteiger partial charge in [-0.25, -0.2) is 9.97 Å². The first kappa shape index (κ1) is 16.6. The van der Waals surface area contributed by atoms with E-state index in [1.165, 1.54) is 13.3 Å². The maximum atomic E-state index is 12.4. The zero-order valence-corrected chi connectivity index (χ0v) is 14.7. The Hall–Kier alpha value is -3.81. The molecule has 0 saturated carbocycles. The van der Waals surface area contributed by atoms with Crippen molar-refractivity contribution >= 4 is 22.6 Å². The van der Waals surface area contributed by atoms with Crippen molar-refractivity contribution in [1.29, 1.82) is 0 Å². The quantitative estimate of drug-likeness (QED) is 0.601. The lowest BCUT2D eigenvalue weighted by atomic mass is 10.1. The largest absolute Gasteiger partial charge is 0.481 e. The number of anilines is 1. The van der Waals surface area contributed by atoms with Crippen molar-refractivity contribution in [3.63, 3.8) is 0 Å². The summed E-state index contributed by atoms with van der Waals surface area (Å²) >= 11 is 0. The molecule has 0 aliphatic heterocycles. The molecular weight excluding hydrogens is 344 g/mol. The molecule has 1 aromatic carbocycles. The second-order valence-electron chi connectivity index (χ2n) is 5.93. The van der Waals surface area contributed by atoms with E-state index in [1.807, 2.05) is 29.8 Å². The molecule has 0 spiro atoms. The fourth-order valence-electron chi connectivity index (χ4n) is 2.75. The molecule has 3 aromatic heterocycles. The van der Waals surface area contributed by atoms with Gasteiger partial charge in [-0.05, 0) is 24.3 Å². The Morgan fingerprint density at radius 1 is 1.15 bits per heavy atom. The van der Waals surface area contributed by atoms with Crippen LogP contribution in [0.25, 0.3) is 22.2 Å². The highest BCUT2D eigenvalue weighted by atomic mass is 16.5. The van der Waals surface area contributed by atoms with Gasteiger partial charge in [0.2, 0.25) is 5.88 Å². The van der Waals surface area contributed by atoms with E-state index in [0.29, 0.717) is 17.3 Å². The van der Waals surface area contributed by atoms with Crippen LogP contribution in [0.2, 0.25) is 0 Å². The number of fused-ring (bicyclic) bond motifs is 1. The van der Waals surface area contributed by atoms with Crippen LogP contribution in [0.3, 0.4) is 0 Å². The number of ether oxygens (including phenoxy) is 1. The molecule has 3 heterocycles. The molecule has 0 fully saturated rings. The van der Waals surface area contributed by atoms with Crippen LogP contribution in [0.1, 0.15) is 10.4 Å². The van der Waals surface area contributed by atoms with Crippen LogP contribution < -0.4 is 10.1 Å². The van der Waals surface area contributed by atoms with Crippen molar-refractivity contribution in [3.8, 4) is 17.1 Å². The van der Waals surface area contributed by atoms with E-state index in [2.05, 4.69) is 25.5 Å². The number of nitrogens with one attached hydrogen (secondary N) is 1. The molecule has 0 radical (unpaired) electrons. The number of hydrogen-bond acceptors (Lipinski definition) is 6. The van der Waals surface area contributed by atoms with Crippen molar-refractivity contribution < 1.29 is 9.53 Å². The number of rotatable bonds is 4. The van der Waals surface area contributed by atoms with Gasteiger partial charge >= 0.3 is 0 Å². The number of carbonyl (C=O) groups is 1. The van der Waals surface area contributed by atoms with E-state index >= 15 is 0 Å². The number of benzene rings is 1. The summed E-state index contributed by atoms with van der Waals surface area (Å²) in [6.45, 7) is 0. The highest BCUT2D eigenvalue weighted by Crippen LogP contribution is 2.24. The monoisotopic (exact) mass is 360 g/mol. The fourth-order valence-corrected chi connectivity index (χ4v) is 2.75. The van der Waals surface area contributed by atoms with E-state index in [1.54, 1.807) is 30.7 Å². The summed E-state index contributed by atoms with van der Waals surface area (Å²) < 4.78 is 6.98. The average Bonchev–Trinajstić information content (AvgIpc) is 3.13. The maximum Gasteiger partial charge on any atom is 0.257 e. The van der Waals surface area contributed by atoms with Crippen molar-refractivity contribution in [3.05, 3.63) is 60.7 Å². The molecule has 0 aliphatic carbocycles. The fraction of sp³-hybridized carbons (Fsp3) is 0.105. The summed E-state index contributed by atoms with van der Waals surface area (Å²) in [5, 5.41) is 11.9. The topological polar surface area (TPSA) is 94.8 Å². The molecule has 134 valence electrons. The van der Waals surface area contributed by atoms with Gasteiger partial charge in [0.15, 0.2) is 5.82 Å². The maximum absolute atomic E-state index is 12.4. The predicted molar refractivity (Wildman–Crippen MR) is 100 cm³/mol. The third-order valence-corrected chi connectivity index (χ3v) is 4.15. The highest BCUT2D eigenvalue weighted by molar-refractivity contribution is 6.04. The summed E-state index contributed by atoms with van der Waals surface area (Å²) in [5.41, 5.74) is 3.16. The molecule has 0 bridgehead atoms. The van der Waals surface area contributed by atoms with Gasteiger partial charge in [-0.2, -0.15) is 0 Å². The summed E-state index contributed by atoms with van der Waals surface area (Å²) in [6.07, 6.45) is 5.06. The minimum Gasteiger partial charge on any atom is -0.481 e. The standard InChI is InChI=1S/C19H16N6O2/c1-25-11-20-10-16(25)12-3-4-15-14(7-12)8-17(24-23-15)22-19(26)13-5-6-21-18(9-13)27-2/h3-11H,1-2H3,(H,22,24,26). The Labute approximate surface area is 154 Å². The zero-order chi connectivity index (χ0) is 18.8. The van der Waals surface area contributed by atoms with Crippen molar-refractivity contribution in [1.82, 2.24) is 24.7 Å². The SMILES string of the molecule is COc1cc(C(=O)Nc2cc3cc(-c4cncn4C)ccc3nn2)ccn1. The lowest BCUT2D eigenvalue weighted by Gasteiger charge is -2.07. The molecule has 4 aromatic rings. The Bertz CT molecular complexity index is 1140. The summed E-state index contributed by atoms with van der Waals surface area (Å²) in [6, 6.07) is 10.8. The molecule has 8 nitrogen and oxygen atoms in total. The summed E-state index contributed by atoms with van der Waals surface area (Å²) in [5.74, 6) is 0.422. The first-order valence-electron chi connectivity index (χ1n) is 8.19. The molecule has 1 amide bonds. The van der Waals surface area contributed by atoms with Gasteiger partial charge in [0.05, 0.1) is 30.8 Å². The van der Waals surface area contributed by atoms with E-state index < -0.39 is 0 Å². The number of hydrogen-bond donors (Lipinski definition) is 1. The molecule has 0 aliphatic rings. The third-order valence-electron chi connectivity index (χ3n) is 4.15. The molecule has 4 rings (SSSR count). The van der Waals surface area contributed by atoms with E-state index in [0.717, 1.165) is 22.2 Å². The number of pyridine rings is 1. The minimum absolute atomic E-state index is 0.313. The van der Waals surface area contributed by atoms with E-state index in [-0.39, 0.29) is 5.91 Å². The van der Waals surface area contributed by atoms with Crippen LogP contribution in [-0.4, -0.2) is 37.7 Å². The lowest BCUT2D eigenvalue weighted by molar-refractivity contribution is 0.102. The Morgan fingerprint density at radius 2 is 2.04 bits per heavy atom. The summed E-state index contributed by atoms with van der Waals surface area (Å²) in [4.78, 5) is 20.6. The molecule has 8 heteroatoms. The van der Waals surface area contributed by atoms with Crippen LogP contribution in [-0.2, 0) is 7.05 Å². The van der Waals surface area contributed by atoms with Gasteiger partial charge in [-0.3, -0.25) is 4.79 Å². The van der Waals surface area contributed by atoms with E-state index in [4.69, 9.17) is 4.74 Å². The molecule has 0 saturated heterocycles. The number of aromatic nitrogens is 5. The smallest absolute Gasteiger partial charge is 0.257 e. The minimum atomic E-state index is -0.313. The Morgan fingerprint density at radius 3 is 2.81 bits per heavy atom. The normalized spacial score (nSPS) is 10.7. The predicted octanol–water partition coefficient (Wildman–Crippen LogP) is 2.69. The van der Waals surface area contributed by atoms with Gasteiger partial charge in [-0.15, -0.1) is 10.2 Å². The summed E-state index contributed by atoms with van der Waals surface area (Å²) in [7, 11) is 3.44. The second kappa shape index (κ2) is 6.83. The Balaban J connectivity index is 1.64. The van der Waals surface area contributed by atoms with Gasteiger partial charge in [0.25, 0.3) is 5.91 Å². The van der Waals surface area contributed by atoms with Gasteiger partial charge < -0.3 is 14.6 Å². The third kappa shape index (κ3) is 3.32.